The van der Waals surface area contributed by atoms with E-state index in [1.54, 1.807) is 30.5 Å². The van der Waals surface area contributed by atoms with Gasteiger partial charge in [0.25, 0.3) is 0 Å². The molecule has 3 aromatic rings. The molecule has 0 bridgehead atoms. The first-order valence-electron chi connectivity index (χ1n) is 8.04. The first kappa shape index (κ1) is 16.0. The Kier molecular flexibility index (Phi) is 4.15. The fraction of sp³-hybridized carbons (Fsp3) is 0.100. The third-order valence-electron chi connectivity index (χ3n) is 4.04. The Hall–Kier alpha value is -3.54. The van der Waals surface area contributed by atoms with Crippen LogP contribution in [0.3, 0.4) is 0 Å². The van der Waals surface area contributed by atoms with Gasteiger partial charge in [0.15, 0.2) is 18.1 Å². The van der Waals surface area contributed by atoms with Gasteiger partial charge >= 0.3 is 5.97 Å². The summed E-state index contributed by atoms with van der Waals surface area (Å²) >= 11 is 0. The molecule has 0 saturated carbocycles. The number of nitrogens with one attached hydrogen (secondary N) is 1. The van der Waals surface area contributed by atoms with Crippen LogP contribution in [0.2, 0.25) is 0 Å². The molecule has 1 aliphatic heterocycles. The van der Waals surface area contributed by atoms with E-state index in [0.717, 1.165) is 16.5 Å². The van der Waals surface area contributed by atoms with Crippen molar-refractivity contribution in [3.63, 3.8) is 0 Å². The summed E-state index contributed by atoms with van der Waals surface area (Å²) in [5, 5.41) is 0.810. The van der Waals surface area contributed by atoms with E-state index < -0.39 is 5.97 Å². The minimum atomic E-state index is -0.587. The number of carbonyl (C=O) groups excluding carboxylic acids is 2. The smallest absolute Gasteiger partial charge is 0.331 e. The number of hydrogen-bond donors (Lipinski definition) is 1. The average molecular weight is 349 g/mol. The van der Waals surface area contributed by atoms with Gasteiger partial charge in [-0.2, -0.15) is 0 Å². The Labute approximate surface area is 149 Å². The molecule has 0 aliphatic carbocycles. The predicted molar refractivity (Wildman–Crippen MR) is 95.2 cm³/mol. The van der Waals surface area contributed by atoms with Gasteiger partial charge in [-0.15, -0.1) is 0 Å². The molecule has 6 heteroatoms. The average Bonchev–Trinajstić information content (AvgIpc) is 3.30. The van der Waals surface area contributed by atoms with Crippen molar-refractivity contribution in [1.29, 1.82) is 0 Å². The minimum Gasteiger partial charge on any atom is -0.454 e. The van der Waals surface area contributed by atoms with E-state index in [9.17, 15) is 9.59 Å². The van der Waals surface area contributed by atoms with E-state index >= 15 is 0 Å². The van der Waals surface area contributed by atoms with Gasteiger partial charge in [-0.3, -0.25) is 4.79 Å². The summed E-state index contributed by atoms with van der Waals surface area (Å²) in [7, 11) is 0. The zero-order valence-corrected chi connectivity index (χ0v) is 13.7. The molecule has 0 atom stereocenters. The number of carbonyl (C=O) groups is 2. The van der Waals surface area contributed by atoms with Gasteiger partial charge in [0.1, 0.15) is 0 Å². The number of H-pyrrole nitrogens is 1. The predicted octanol–water partition coefficient (Wildman–Crippen LogP) is 3.34. The Morgan fingerprint density at radius 3 is 2.88 bits per heavy atom. The number of Topliss-reactive ketones (excluding diaryl/α,β-unsaturated/α-hetero) is 1. The molecule has 0 radical (unpaired) electrons. The molecule has 6 nitrogen and oxygen atoms in total. The topological polar surface area (TPSA) is 77.6 Å². The van der Waals surface area contributed by atoms with Crippen LogP contribution in [0.25, 0.3) is 17.0 Å². The monoisotopic (exact) mass is 349 g/mol. The summed E-state index contributed by atoms with van der Waals surface area (Å²) in [5.41, 5.74) is 2.15. The van der Waals surface area contributed by atoms with Crippen molar-refractivity contribution in [2.75, 3.05) is 13.4 Å². The number of hydrogen-bond acceptors (Lipinski definition) is 5. The summed E-state index contributed by atoms with van der Waals surface area (Å²) in [4.78, 5) is 27.2. The second-order valence-electron chi connectivity index (χ2n) is 5.72. The second kappa shape index (κ2) is 6.76. The maximum absolute atomic E-state index is 12.3. The van der Waals surface area contributed by atoms with Crippen molar-refractivity contribution in [2.45, 2.75) is 0 Å². The number of para-hydroxylation sites is 1. The summed E-state index contributed by atoms with van der Waals surface area (Å²) in [6.45, 7) is -0.118. The molecule has 0 amide bonds. The molecule has 0 spiro atoms. The number of aromatic nitrogens is 1. The lowest BCUT2D eigenvalue weighted by Crippen LogP contribution is -2.12. The van der Waals surface area contributed by atoms with Crippen molar-refractivity contribution in [1.82, 2.24) is 4.98 Å². The lowest BCUT2D eigenvalue weighted by Gasteiger charge is -2.01. The maximum Gasteiger partial charge on any atom is 0.331 e. The normalized spacial score (nSPS) is 12.6. The SMILES string of the molecule is O=C(/C=C/c1ccc2c(c1)OCO2)OCC(=O)c1c[nH]c2ccccc12. The molecule has 4 rings (SSSR count). The standard InChI is InChI=1S/C20H15NO5/c22-17(15-10-21-16-4-2-1-3-14(15)16)11-24-20(23)8-6-13-5-7-18-19(9-13)26-12-25-18/h1-10,21H,11-12H2/b8-6+. The highest BCUT2D eigenvalue weighted by molar-refractivity contribution is 6.09. The molecular weight excluding hydrogens is 334 g/mol. The van der Waals surface area contributed by atoms with Crippen molar-refractivity contribution < 1.29 is 23.8 Å². The summed E-state index contributed by atoms with van der Waals surface area (Å²) in [6.07, 6.45) is 4.50. The van der Waals surface area contributed by atoms with Gasteiger partial charge in [-0.1, -0.05) is 24.3 Å². The highest BCUT2D eigenvalue weighted by Crippen LogP contribution is 2.32. The van der Waals surface area contributed by atoms with Crippen LogP contribution >= 0.6 is 0 Å². The van der Waals surface area contributed by atoms with E-state index in [0.29, 0.717) is 17.1 Å². The van der Waals surface area contributed by atoms with E-state index in [1.807, 2.05) is 24.3 Å². The Bertz CT molecular complexity index is 1020. The van der Waals surface area contributed by atoms with Gasteiger partial charge in [0, 0.05) is 28.7 Å². The van der Waals surface area contributed by atoms with E-state index in [4.69, 9.17) is 14.2 Å². The zero-order chi connectivity index (χ0) is 17.9. The molecule has 0 saturated heterocycles. The van der Waals surface area contributed by atoms with Crippen LogP contribution < -0.4 is 9.47 Å². The number of benzene rings is 2. The van der Waals surface area contributed by atoms with Crippen molar-refractivity contribution in [3.8, 4) is 11.5 Å². The minimum absolute atomic E-state index is 0.195. The lowest BCUT2D eigenvalue weighted by atomic mass is 10.1. The number of ether oxygens (including phenoxy) is 3. The number of rotatable bonds is 5. The van der Waals surface area contributed by atoms with Crippen LogP contribution in [-0.2, 0) is 9.53 Å². The quantitative estimate of drug-likeness (QED) is 0.434. The van der Waals surface area contributed by atoms with Gasteiger partial charge in [-0.05, 0) is 29.8 Å². The fourth-order valence-corrected chi connectivity index (χ4v) is 2.75. The van der Waals surface area contributed by atoms with Crippen LogP contribution in [0.1, 0.15) is 15.9 Å². The Morgan fingerprint density at radius 2 is 1.96 bits per heavy atom. The van der Waals surface area contributed by atoms with Crippen LogP contribution in [0.5, 0.6) is 11.5 Å². The van der Waals surface area contributed by atoms with Crippen LogP contribution in [0.15, 0.2) is 54.7 Å². The third kappa shape index (κ3) is 3.17. The first-order chi connectivity index (χ1) is 12.7. The number of ketones is 1. The number of aromatic amines is 1. The van der Waals surface area contributed by atoms with Crippen molar-refractivity contribution in [3.05, 3.63) is 65.9 Å². The molecular formula is C20H15NO5. The second-order valence-corrected chi connectivity index (χ2v) is 5.72. The molecule has 2 heterocycles. The van der Waals surface area contributed by atoms with Crippen molar-refractivity contribution in [2.24, 2.45) is 0 Å². The lowest BCUT2D eigenvalue weighted by molar-refractivity contribution is -0.136. The number of fused-ring (bicyclic) bond motifs is 2. The summed E-state index contributed by atoms with van der Waals surface area (Å²) in [6, 6.07) is 12.8. The van der Waals surface area contributed by atoms with Crippen LogP contribution in [-0.4, -0.2) is 30.1 Å². The van der Waals surface area contributed by atoms with E-state index in [1.165, 1.54) is 6.08 Å². The van der Waals surface area contributed by atoms with Crippen LogP contribution in [0.4, 0.5) is 0 Å². The molecule has 1 aromatic heterocycles. The molecule has 2 aromatic carbocycles. The van der Waals surface area contributed by atoms with Gasteiger partial charge in [0.2, 0.25) is 12.6 Å². The maximum atomic E-state index is 12.3. The summed E-state index contributed by atoms with van der Waals surface area (Å²) in [5.74, 6) is 0.465. The van der Waals surface area contributed by atoms with E-state index in [-0.39, 0.29) is 19.2 Å². The highest BCUT2D eigenvalue weighted by Gasteiger charge is 2.14. The van der Waals surface area contributed by atoms with E-state index in [2.05, 4.69) is 4.98 Å². The van der Waals surface area contributed by atoms with Crippen molar-refractivity contribution >= 4 is 28.7 Å². The highest BCUT2D eigenvalue weighted by atomic mass is 16.7. The largest absolute Gasteiger partial charge is 0.454 e. The van der Waals surface area contributed by atoms with Gasteiger partial charge in [-0.25, -0.2) is 4.79 Å². The van der Waals surface area contributed by atoms with Crippen LogP contribution in [0, 0.1) is 0 Å². The summed E-state index contributed by atoms with van der Waals surface area (Å²) < 4.78 is 15.6. The number of esters is 1. The molecule has 130 valence electrons. The Morgan fingerprint density at radius 1 is 1.12 bits per heavy atom. The molecule has 1 aliphatic rings. The first-order valence-corrected chi connectivity index (χ1v) is 8.04. The zero-order valence-electron chi connectivity index (χ0n) is 13.7. The third-order valence-corrected chi connectivity index (χ3v) is 4.04. The van der Waals surface area contributed by atoms with Gasteiger partial charge < -0.3 is 19.2 Å². The molecule has 0 fully saturated rings. The molecule has 0 unspecified atom stereocenters. The fourth-order valence-electron chi connectivity index (χ4n) is 2.75. The Balaban J connectivity index is 1.37. The molecule has 26 heavy (non-hydrogen) atoms. The van der Waals surface area contributed by atoms with Gasteiger partial charge in [0.05, 0.1) is 0 Å². The molecule has 1 N–H and O–H groups in total.